The van der Waals surface area contributed by atoms with E-state index in [4.69, 9.17) is 11.6 Å². The molecule has 0 aromatic heterocycles. The lowest BCUT2D eigenvalue weighted by Gasteiger charge is -2.02. The molecule has 0 aliphatic carbocycles. The topological polar surface area (TPSA) is 67.8 Å². The molecule has 0 saturated heterocycles. The van der Waals surface area contributed by atoms with Crippen LogP contribution in [0.25, 0.3) is 0 Å². The van der Waals surface area contributed by atoms with Crippen LogP contribution >= 0.6 is 11.6 Å². The van der Waals surface area contributed by atoms with Gasteiger partial charge >= 0.3 is 5.97 Å². The first-order chi connectivity index (χ1) is 8.54. The first kappa shape index (κ1) is 14.2. The second-order valence-electron chi connectivity index (χ2n) is 3.37. The molecular weight excluding hydrogens is 256 g/mol. The van der Waals surface area contributed by atoms with Crippen LogP contribution in [0.15, 0.2) is 29.4 Å². The first-order valence-corrected chi connectivity index (χ1v) is 5.69. The summed E-state index contributed by atoms with van der Waals surface area (Å²) in [5, 5.41) is 3.38. The predicted octanol–water partition coefficient (Wildman–Crippen LogP) is 2.42. The summed E-state index contributed by atoms with van der Waals surface area (Å²) in [6.07, 6.45) is 0. The maximum Gasteiger partial charge on any atom is 0.370 e. The lowest BCUT2D eigenvalue weighted by Crippen LogP contribution is -2.13. The molecule has 1 aromatic rings. The van der Waals surface area contributed by atoms with Crippen LogP contribution in [0, 0.1) is 0 Å². The molecule has 6 heteroatoms. The number of ether oxygens (including phenoxy) is 1. The van der Waals surface area contributed by atoms with E-state index in [1.165, 1.54) is 6.92 Å². The third-order valence-corrected chi connectivity index (χ3v) is 2.26. The molecular formula is C12H13ClN2O3. The lowest BCUT2D eigenvalue weighted by atomic mass is 10.1. The van der Waals surface area contributed by atoms with E-state index in [-0.39, 0.29) is 17.6 Å². The average molecular weight is 269 g/mol. The lowest BCUT2D eigenvalue weighted by molar-refractivity contribution is -0.134. The summed E-state index contributed by atoms with van der Waals surface area (Å²) in [5.74, 6) is -0.707. The smallest absolute Gasteiger partial charge is 0.370 e. The van der Waals surface area contributed by atoms with Crippen molar-refractivity contribution in [2.45, 2.75) is 13.8 Å². The number of carbonyl (C=O) groups excluding carboxylic acids is 2. The quantitative estimate of drug-likeness (QED) is 0.385. The molecule has 0 spiro atoms. The predicted molar refractivity (Wildman–Crippen MR) is 70.0 cm³/mol. The van der Waals surface area contributed by atoms with Gasteiger partial charge in [-0.1, -0.05) is 11.6 Å². The van der Waals surface area contributed by atoms with Crippen LogP contribution in [0.2, 0.25) is 0 Å². The van der Waals surface area contributed by atoms with Gasteiger partial charge in [0.1, 0.15) is 0 Å². The van der Waals surface area contributed by atoms with E-state index in [0.717, 1.165) is 0 Å². The Hall–Kier alpha value is -1.88. The molecule has 1 N–H and O–H groups in total. The Bertz CT molecular complexity index is 469. The Labute approximate surface area is 110 Å². The zero-order valence-corrected chi connectivity index (χ0v) is 10.8. The highest BCUT2D eigenvalue weighted by atomic mass is 35.5. The van der Waals surface area contributed by atoms with E-state index in [0.29, 0.717) is 11.3 Å². The summed E-state index contributed by atoms with van der Waals surface area (Å²) in [5.41, 5.74) is 3.81. The standard InChI is InChI=1S/C12H13ClN2O3/c1-3-18-12(17)11(13)15-14-10-6-4-9(5-7-10)8(2)16/h4-7,14H,3H2,1-2H3. The summed E-state index contributed by atoms with van der Waals surface area (Å²) >= 11 is 5.60. The third kappa shape index (κ3) is 4.18. The van der Waals surface area contributed by atoms with Crippen molar-refractivity contribution in [3.63, 3.8) is 0 Å². The first-order valence-electron chi connectivity index (χ1n) is 5.32. The van der Waals surface area contributed by atoms with Gasteiger partial charge in [0.05, 0.1) is 12.3 Å². The molecule has 0 heterocycles. The second kappa shape index (κ2) is 6.76. The Morgan fingerprint density at radius 1 is 1.33 bits per heavy atom. The van der Waals surface area contributed by atoms with Gasteiger partial charge in [0.15, 0.2) is 5.78 Å². The van der Waals surface area contributed by atoms with Crippen molar-refractivity contribution >= 4 is 34.2 Å². The van der Waals surface area contributed by atoms with Gasteiger partial charge in [-0.25, -0.2) is 4.79 Å². The maximum absolute atomic E-state index is 11.1. The molecule has 96 valence electrons. The fourth-order valence-corrected chi connectivity index (χ4v) is 1.23. The van der Waals surface area contributed by atoms with Crippen molar-refractivity contribution in [3.05, 3.63) is 29.8 Å². The normalized spacial score (nSPS) is 10.9. The van der Waals surface area contributed by atoms with Crippen molar-refractivity contribution in [1.82, 2.24) is 0 Å². The van der Waals surface area contributed by atoms with Gasteiger partial charge in [-0.2, -0.15) is 5.10 Å². The molecule has 1 rings (SSSR count). The van der Waals surface area contributed by atoms with E-state index in [1.807, 2.05) is 0 Å². The highest BCUT2D eigenvalue weighted by Crippen LogP contribution is 2.10. The fourth-order valence-electron chi connectivity index (χ4n) is 1.13. The number of rotatable bonds is 5. The number of carbonyl (C=O) groups is 2. The van der Waals surface area contributed by atoms with Crippen LogP contribution in [0.3, 0.4) is 0 Å². The fraction of sp³-hybridized carbons (Fsp3) is 0.250. The number of halogens is 1. The van der Waals surface area contributed by atoms with Crippen LogP contribution in [0.5, 0.6) is 0 Å². The van der Waals surface area contributed by atoms with Gasteiger partial charge in [0.2, 0.25) is 5.17 Å². The second-order valence-corrected chi connectivity index (χ2v) is 3.73. The number of anilines is 1. The number of Topliss-reactive ketones (excluding diaryl/α,β-unsaturated/α-hetero) is 1. The third-order valence-electron chi connectivity index (χ3n) is 2.02. The van der Waals surface area contributed by atoms with Crippen LogP contribution < -0.4 is 5.43 Å². The molecule has 5 nitrogen and oxygen atoms in total. The number of esters is 1. The number of hydrogen-bond donors (Lipinski definition) is 1. The van der Waals surface area contributed by atoms with E-state index in [1.54, 1.807) is 31.2 Å². The van der Waals surface area contributed by atoms with Crippen molar-refractivity contribution in [2.75, 3.05) is 12.0 Å². The molecule has 0 amide bonds. The zero-order chi connectivity index (χ0) is 13.5. The number of ketones is 1. The van der Waals surface area contributed by atoms with Gasteiger partial charge in [-0.3, -0.25) is 10.2 Å². The Morgan fingerprint density at radius 2 is 1.94 bits per heavy atom. The van der Waals surface area contributed by atoms with Crippen LogP contribution in [0.1, 0.15) is 24.2 Å². The summed E-state index contributed by atoms with van der Waals surface area (Å²) in [6, 6.07) is 6.63. The van der Waals surface area contributed by atoms with Crippen LogP contribution in [-0.4, -0.2) is 23.5 Å². The van der Waals surface area contributed by atoms with Gasteiger partial charge < -0.3 is 4.74 Å². The highest BCUT2D eigenvalue weighted by Gasteiger charge is 2.08. The maximum atomic E-state index is 11.1. The number of hydrogen-bond acceptors (Lipinski definition) is 5. The van der Waals surface area contributed by atoms with E-state index < -0.39 is 5.97 Å². The van der Waals surface area contributed by atoms with Crippen molar-refractivity contribution in [1.29, 1.82) is 0 Å². The molecule has 0 saturated carbocycles. The van der Waals surface area contributed by atoms with E-state index in [9.17, 15) is 9.59 Å². The number of nitrogens with zero attached hydrogens (tertiary/aromatic N) is 1. The van der Waals surface area contributed by atoms with Crippen LogP contribution in [-0.2, 0) is 9.53 Å². The van der Waals surface area contributed by atoms with E-state index in [2.05, 4.69) is 15.3 Å². The van der Waals surface area contributed by atoms with Gasteiger partial charge in [0, 0.05) is 5.56 Å². The molecule has 0 radical (unpaired) electrons. The van der Waals surface area contributed by atoms with Crippen molar-refractivity contribution in [2.24, 2.45) is 5.10 Å². The Balaban J connectivity index is 2.65. The van der Waals surface area contributed by atoms with Crippen molar-refractivity contribution in [3.8, 4) is 0 Å². The number of nitrogens with one attached hydrogen (secondary N) is 1. The molecule has 1 aromatic carbocycles. The summed E-state index contributed by atoms with van der Waals surface area (Å²) in [7, 11) is 0. The molecule has 0 aliphatic heterocycles. The zero-order valence-electron chi connectivity index (χ0n) is 10.1. The monoisotopic (exact) mass is 268 g/mol. The summed E-state index contributed by atoms with van der Waals surface area (Å²) < 4.78 is 4.66. The largest absolute Gasteiger partial charge is 0.461 e. The molecule has 0 fully saturated rings. The molecule has 0 unspecified atom stereocenters. The average Bonchev–Trinajstić information content (AvgIpc) is 2.36. The molecule has 0 aliphatic rings. The van der Waals surface area contributed by atoms with Crippen LogP contribution in [0.4, 0.5) is 5.69 Å². The SMILES string of the molecule is CCOC(=O)C(Cl)=NNc1ccc(C(C)=O)cc1. The Kier molecular flexibility index (Phi) is 5.32. The minimum atomic E-state index is -0.688. The summed E-state index contributed by atoms with van der Waals surface area (Å²) in [6.45, 7) is 3.39. The van der Waals surface area contributed by atoms with Crippen molar-refractivity contribution < 1.29 is 14.3 Å². The van der Waals surface area contributed by atoms with Gasteiger partial charge in [0.25, 0.3) is 0 Å². The number of benzene rings is 1. The number of hydrazone groups is 1. The van der Waals surface area contributed by atoms with Gasteiger partial charge in [-0.15, -0.1) is 0 Å². The van der Waals surface area contributed by atoms with E-state index >= 15 is 0 Å². The van der Waals surface area contributed by atoms with Gasteiger partial charge in [-0.05, 0) is 38.1 Å². The molecule has 0 atom stereocenters. The molecule has 18 heavy (non-hydrogen) atoms. The molecule has 0 bridgehead atoms. The summed E-state index contributed by atoms with van der Waals surface area (Å²) in [4.78, 5) is 22.2. The minimum absolute atomic E-state index is 0.0189. The minimum Gasteiger partial charge on any atom is -0.461 e. The Morgan fingerprint density at radius 3 is 2.44 bits per heavy atom. The highest BCUT2D eigenvalue weighted by molar-refractivity contribution is 6.82.